The molecule has 2 heterocycles. The summed E-state index contributed by atoms with van der Waals surface area (Å²) in [6, 6.07) is 0. The van der Waals surface area contributed by atoms with E-state index in [-0.39, 0.29) is 35.7 Å². The molecule has 33 heavy (non-hydrogen) atoms. The highest BCUT2D eigenvalue weighted by molar-refractivity contribution is 6.83. The van der Waals surface area contributed by atoms with Crippen LogP contribution in [0.1, 0.15) is 38.5 Å². The molecule has 0 spiro atoms. The molecule has 8 atom stereocenters. The molecule has 8 unspecified atom stereocenters. The first kappa shape index (κ1) is 24.9. The standard InChI is InChI=1S/C10H12O2.C9H10O3.C6H18OSi2/c1-5-8-6-2-3-7(4-6)9(8)10(11)12-5;10-8-6-4-1-2-5(3-4)7(6)9(11)12-8;1-8(2,3)7-9(4,5)6/h6-9H,1-4H2;4-7H,1-3H2;1-6H3. The quantitative estimate of drug-likeness (QED) is 0.302. The Morgan fingerprint density at radius 3 is 1.30 bits per heavy atom. The summed E-state index contributed by atoms with van der Waals surface area (Å²) < 4.78 is 15.6. The molecule has 4 saturated carbocycles. The Morgan fingerprint density at radius 2 is 0.970 bits per heavy atom. The first-order valence-electron chi connectivity index (χ1n) is 12.6. The molecule has 0 amide bonds. The van der Waals surface area contributed by atoms with Gasteiger partial charge in [-0.25, -0.2) is 0 Å². The Kier molecular flexibility index (Phi) is 6.59. The van der Waals surface area contributed by atoms with Gasteiger partial charge in [-0.15, -0.1) is 0 Å². The maximum Gasteiger partial charge on any atom is 0.317 e. The fourth-order valence-electron chi connectivity index (χ4n) is 7.48. The van der Waals surface area contributed by atoms with Gasteiger partial charge in [0.25, 0.3) is 0 Å². The Morgan fingerprint density at radius 1 is 0.636 bits per heavy atom. The highest BCUT2D eigenvalue weighted by Gasteiger charge is 2.60. The molecule has 4 aliphatic carbocycles. The van der Waals surface area contributed by atoms with Crippen molar-refractivity contribution in [2.75, 3.05) is 0 Å². The smallest absolute Gasteiger partial charge is 0.317 e. The molecule has 0 N–H and O–H groups in total. The Balaban J connectivity index is 0.000000120. The largest absolute Gasteiger partial charge is 0.456 e. The van der Waals surface area contributed by atoms with Gasteiger partial charge in [-0.1, -0.05) is 6.58 Å². The van der Waals surface area contributed by atoms with E-state index in [1.807, 2.05) is 0 Å². The normalized spacial score (nSPS) is 39.9. The third kappa shape index (κ3) is 5.08. The summed E-state index contributed by atoms with van der Waals surface area (Å²) in [5.74, 6) is 2.94. The minimum atomic E-state index is -1.23. The van der Waals surface area contributed by atoms with E-state index in [4.69, 9.17) is 8.85 Å². The lowest BCUT2D eigenvalue weighted by Crippen LogP contribution is -2.39. The van der Waals surface area contributed by atoms with Gasteiger partial charge < -0.3 is 13.6 Å². The number of esters is 3. The van der Waals surface area contributed by atoms with E-state index < -0.39 is 16.6 Å². The minimum absolute atomic E-state index is 0.00259. The van der Waals surface area contributed by atoms with Gasteiger partial charge >= 0.3 is 17.9 Å². The van der Waals surface area contributed by atoms with Gasteiger partial charge in [-0.3, -0.25) is 14.4 Å². The van der Waals surface area contributed by atoms with Crippen LogP contribution in [0.2, 0.25) is 39.3 Å². The van der Waals surface area contributed by atoms with Crippen LogP contribution in [0.25, 0.3) is 0 Å². The van der Waals surface area contributed by atoms with Crippen LogP contribution < -0.4 is 0 Å². The molecule has 4 bridgehead atoms. The van der Waals surface area contributed by atoms with Crippen molar-refractivity contribution in [1.29, 1.82) is 0 Å². The number of carbonyl (C=O) groups is 3. The summed E-state index contributed by atoms with van der Waals surface area (Å²) in [4.78, 5) is 33.8. The lowest BCUT2D eigenvalue weighted by atomic mass is 9.80. The molecular formula is C25H40O6Si2. The zero-order valence-electron chi connectivity index (χ0n) is 21.0. The Bertz CT molecular complexity index is 721. The molecule has 6 fully saturated rings. The highest BCUT2D eigenvalue weighted by atomic mass is 28.4. The average molecular weight is 493 g/mol. The molecule has 6 nitrogen and oxygen atoms in total. The van der Waals surface area contributed by atoms with Crippen LogP contribution in [0.4, 0.5) is 0 Å². The second kappa shape index (κ2) is 8.75. The summed E-state index contributed by atoms with van der Waals surface area (Å²) in [5, 5.41) is 0. The molecule has 2 aliphatic heterocycles. The third-order valence-electron chi connectivity index (χ3n) is 8.07. The van der Waals surface area contributed by atoms with Crippen molar-refractivity contribution in [3.05, 3.63) is 12.3 Å². The SMILES string of the molecule is C=C1OC(=O)C2C3CCC(C3)C12.C[Si](C)(C)O[Si](C)(C)C.O=C1OC(=O)C2C3CCC(C3)C12. The van der Waals surface area contributed by atoms with Gasteiger partial charge in [0.2, 0.25) is 0 Å². The molecule has 0 aromatic heterocycles. The predicted molar refractivity (Wildman–Crippen MR) is 130 cm³/mol. The Hall–Kier alpha value is -1.26. The zero-order valence-corrected chi connectivity index (χ0v) is 23.0. The monoisotopic (exact) mass is 492 g/mol. The van der Waals surface area contributed by atoms with Crippen LogP contribution in [0.15, 0.2) is 12.3 Å². The molecule has 2 saturated heterocycles. The number of allylic oxidation sites excluding steroid dienone is 1. The van der Waals surface area contributed by atoms with E-state index in [0.717, 1.165) is 25.0 Å². The van der Waals surface area contributed by atoms with E-state index in [1.165, 1.54) is 19.3 Å². The van der Waals surface area contributed by atoms with Crippen molar-refractivity contribution < 1.29 is 28.0 Å². The minimum Gasteiger partial charge on any atom is -0.456 e. The van der Waals surface area contributed by atoms with Crippen LogP contribution in [-0.2, 0) is 28.0 Å². The number of ether oxygens (including phenoxy) is 2. The van der Waals surface area contributed by atoms with Crippen molar-refractivity contribution in [1.82, 2.24) is 0 Å². The summed E-state index contributed by atoms with van der Waals surface area (Å²) in [5.41, 5.74) is 0. The number of fused-ring (bicyclic) bond motifs is 10. The summed E-state index contributed by atoms with van der Waals surface area (Å²) >= 11 is 0. The van der Waals surface area contributed by atoms with Crippen molar-refractivity contribution >= 4 is 34.5 Å². The molecule has 184 valence electrons. The maximum absolute atomic E-state index is 11.4. The Labute approximate surface area is 200 Å². The maximum atomic E-state index is 11.4. The molecule has 8 heteroatoms. The van der Waals surface area contributed by atoms with E-state index in [1.54, 1.807) is 0 Å². The second-order valence-electron chi connectivity index (χ2n) is 12.7. The van der Waals surface area contributed by atoms with Crippen molar-refractivity contribution in [2.45, 2.75) is 77.8 Å². The average Bonchev–Trinajstić information content (AvgIpc) is 3.46. The topological polar surface area (TPSA) is 78.9 Å². The van der Waals surface area contributed by atoms with E-state index in [2.05, 4.69) is 50.6 Å². The lowest BCUT2D eigenvalue weighted by Gasteiger charge is -2.27. The summed E-state index contributed by atoms with van der Waals surface area (Å²) in [6.07, 6.45) is 7.07. The summed E-state index contributed by atoms with van der Waals surface area (Å²) in [6.45, 7) is 17.3. The third-order valence-corrected chi connectivity index (χ3v) is 13.0. The number of rotatable bonds is 2. The number of carbonyl (C=O) groups excluding carboxylic acids is 3. The highest BCUT2D eigenvalue weighted by Crippen LogP contribution is 2.58. The van der Waals surface area contributed by atoms with Crippen molar-refractivity contribution in [2.24, 2.45) is 47.3 Å². The summed E-state index contributed by atoms with van der Waals surface area (Å²) in [7, 11) is -2.46. The second-order valence-corrected chi connectivity index (χ2v) is 22.0. The van der Waals surface area contributed by atoms with Crippen LogP contribution in [0, 0.1) is 47.3 Å². The molecule has 6 aliphatic rings. The van der Waals surface area contributed by atoms with E-state index in [0.29, 0.717) is 29.6 Å². The lowest BCUT2D eigenvalue weighted by molar-refractivity contribution is -0.154. The first-order valence-corrected chi connectivity index (χ1v) is 19.4. The first-order chi connectivity index (χ1) is 15.2. The predicted octanol–water partition coefficient (Wildman–Crippen LogP) is 5.12. The van der Waals surface area contributed by atoms with Crippen molar-refractivity contribution in [3.8, 4) is 0 Å². The fourth-order valence-corrected chi connectivity index (χ4v) is 14.8. The molecule has 6 rings (SSSR count). The van der Waals surface area contributed by atoms with Gasteiger partial charge in [-0.2, -0.15) is 0 Å². The van der Waals surface area contributed by atoms with Gasteiger partial charge in [-0.05, 0) is 101 Å². The number of cyclic esters (lactones) is 3. The van der Waals surface area contributed by atoms with Gasteiger partial charge in [0.15, 0.2) is 16.6 Å². The van der Waals surface area contributed by atoms with Crippen LogP contribution in [0.3, 0.4) is 0 Å². The number of hydrogen-bond acceptors (Lipinski definition) is 6. The van der Waals surface area contributed by atoms with E-state index >= 15 is 0 Å². The van der Waals surface area contributed by atoms with Gasteiger partial charge in [0.1, 0.15) is 5.76 Å². The number of hydrogen-bond donors (Lipinski definition) is 0. The molecular weight excluding hydrogens is 452 g/mol. The fraction of sp³-hybridized carbons (Fsp3) is 0.800. The van der Waals surface area contributed by atoms with Crippen LogP contribution in [0.5, 0.6) is 0 Å². The van der Waals surface area contributed by atoms with Gasteiger partial charge in [0, 0.05) is 5.92 Å². The van der Waals surface area contributed by atoms with Crippen LogP contribution in [-0.4, -0.2) is 34.5 Å². The van der Waals surface area contributed by atoms with Gasteiger partial charge in [0.05, 0.1) is 17.8 Å². The molecule has 0 aromatic rings. The molecule has 0 radical (unpaired) electrons. The van der Waals surface area contributed by atoms with E-state index in [9.17, 15) is 14.4 Å². The molecule has 0 aromatic carbocycles. The van der Waals surface area contributed by atoms with Crippen LogP contribution >= 0.6 is 0 Å². The zero-order chi connectivity index (χ0) is 24.3. The van der Waals surface area contributed by atoms with Crippen molar-refractivity contribution in [3.63, 3.8) is 0 Å².